The third-order valence-corrected chi connectivity index (χ3v) is 6.52. The lowest BCUT2D eigenvalue weighted by Gasteiger charge is -2.25. The Balaban J connectivity index is 1.78. The van der Waals surface area contributed by atoms with E-state index in [0.717, 1.165) is 56.9 Å². The summed E-state index contributed by atoms with van der Waals surface area (Å²) >= 11 is 0. The van der Waals surface area contributed by atoms with E-state index in [1.165, 1.54) is 24.6 Å². The molecule has 1 heterocycles. The number of nitrogens with one attached hydrogen (secondary N) is 1. The average Bonchev–Trinajstić information content (AvgIpc) is 3.30. The zero-order chi connectivity index (χ0) is 21.8. The first-order valence-electron chi connectivity index (χ1n) is 11.6. The summed E-state index contributed by atoms with van der Waals surface area (Å²) in [4.78, 5) is 24.8. The fourth-order valence-electron chi connectivity index (χ4n) is 4.92. The van der Waals surface area contributed by atoms with E-state index < -0.39 is 11.8 Å². The van der Waals surface area contributed by atoms with Crippen LogP contribution in [0.4, 0.5) is 10.1 Å². The zero-order valence-corrected chi connectivity index (χ0v) is 18.2. The maximum atomic E-state index is 15.0. The van der Waals surface area contributed by atoms with Crippen LogP contribution in [0.2, 0.25) is 0 Å². The predicted octanol–water partition coefficient (Wildman–Crippen LogP) is 5.58. The van der Waals surface area contributed by atoms with Gasteiger partial charge in [0.2, 0.25) is 0 Å². The second-order valence-corrected chi connectivity index (χ2v) is 8.67. The van der Waals surface area contributed by atoms with Gasteiger partial charge in [0, 0.05) is 35.3 Å². The molecule has 2 aliphatic rings. The number of aromatic nitrogens is 1. The Morgan fingerprint density at radius 3 is 2.58 bits per heavy atom. The molecule has 2 fully saturated rings. The second kappa shape index (κ2) is 9.67. The number of nitrogens with zero attached hydrogens (tertiary/aromatic N) is 1. The minimum Gasteiger partial charge on any atom is -0.463 e. The van der Waals surface area contributed by atoms with Gasteiger partial charge in [-0.2, -0.15) is 0 Å². The van der Waals surface area contributed by atoms with E-state index in [1.54, 1.807) is 13.0 Å². The van der Waals surface area contributed by atoms with Crippen LogP contribution < -0.4 is 10.7 Å². The molecule has 0 radical (unpaired) electrons. The normalized spacial score (nSPS) is 18.1. The highest BCUT2D eigenvalue weighted by molar-refractivity contribution is 5.89. The van der Waals surface area contributed by atoms with Gasteiger partial charge in [-0.05, 0) is 50.8 Å². The molecular formula is C25H31FN2O3. The Morgan fingerprint density at radius 2 is 1.87 bits per heavy atom. The minimum atomic E-state index is -0.493. The standard InChI is InChI=1S/C25H31FN2O3/c1-2-31-24(29)13-12-17-16-28(19-10-6-7-11-19)23-15-22(21(26)14-20(23)25(17)30)27-18-8-4-3-5-9-18/h12-16,18-19,27H,2-11H2,1H3/b13-12+. The second-order valence-electron chi connectivity index (χ2n) is 8.67. The topological polar surface area (TPSA) is 60.3 Å². The molecule has 0 bridgehead atoms. The van der Waals surface area contributed by atoms with Gasteiger partial charge < -0.3 is 14.6 Å². The van der Waals surface area contributed by atoms with Gasteiger partial charge in [-0.25, -0.2) is 9.18 Å². The van der Waals surface area contributed by atoms with Crippen molar-refractivity contribution < 1.29 is 13.9 Å². The fourth-order valence-corrected chi connectivity index (χ4v) is 4.92. The highest BCUT2D eigenvalue weighted by Gasteiger charge is 2.22. The molecule has 4 rings (SSSR count). The molecule has 0 unspecified atom stereocenters. The van der Waals surface area contributed by atoms with Crippen LogP contribution in [0, 0.1) is 5.82 Å². The molecule has 6 heteroatoms. The number of fused-ring (bicyclic) bond motifs is 1. The number of carbonyl (C=O) groups is 1. The molecule has 0 saturated heterocycles. The van der Waals surface area contributed by atoms with Crippen molar-refractivity contribution in [3.05, 3.63) is 46.0 Å². The van der Waals surface area contributed by atoms with Crippen LogP contribution in [0.5, 0.6) is 0 Å². The summed E-state index contributed by atoms with van der Waals surface area (Å²) in [6.45, 7) is 2.01. The van der Waals surface area contributed by atoms with Crippen molar-refractivity contribution in [3.63, 3.8) is 0 Å². The summed E-state index contributed by atoms with van der Waals surface area (Å²) < 4.78 is 22.0. The Bertz CT molecular complexity index is 1030. The van der Waals surface area contributed by atoms with Gasteiger partial charge in [-0.3, -0.25) is 4.79 Å². The van der Waals surface area contributed by atoms with Crippen LogP contribution in [0.3, 0.4) is 0 Å². The Kier molecular flexibility index (Phi) is 6.73. The summed E-state index contributed by atoms with van der Waals surface area (Å²) in [5.74, 6) is -0.896. The molecule has 2 saturated carbocycles. The molecule has 0 spiro atoms. The SMILES string of the molecule is CCOC(=O)/C=C/c1cn(C2CCCC2)c2cc(NC3CCCCC3)c(F)cc2c1=O. The van der Waals surface area contributed by atoms with Gasteiger partial charge in [0.25, 0.3) is 0 Å². The third-order valence-electron chi connectivity index (χ3n) is 6.52. The van der Waals surface area contributed by atoms with Crippen molar-refractivity contribution in [2.24, 2.45) is 0 Å². The summed E-state index contributed by atoms with van der Waals surface area (Å²) in [6, 6.07) is 3.71. The van der Waals surface area contributed by atoms with Crippen LogP contribution in [-0.4, -0.2) is 23.2 Å². The van der Waals surface area contributed by atoms with E-state index in [4.69, 9.17) is 4.74 Å². The molecule has 1 N–H and O–H groups in total. The molecule has 0 aliphatic heterocycles. The number of benzene rings is 1. The van der Waals surface area contributed by atoms with Crippen LogP contribution in [0.25, 0.3) is 17.0 Å². The number of anilines is 1. The molecule has 5 nitrogen and oxygen atoms in total. The predicted molar refractivity (Wildman–Crippen MR) is 122 cm³/mol. The number of halogens is 1. The molecule has 166 valence electrons. The van der Waals surface area contributed by atoms with Gasteiger partial charge in [0.1, 0.15) is 5.82 Å². The summed E-state index contributed by atoms with van der Waals surface area (Å²) in [5, 5.41) is 3.73. The monoisotopic (exact) mass is 426 g/mol. The minimum absolute atomic E-state index is 0.269. The number of carbonyl (C=O) groups excluding carboxylic acids is 1. The van der Waals surface area contributed by atoms with Crippen LogP contribution >= 0.6 is 0 Å². The van der Waals surface area contributed by atoms with Crippen molar-refractivity contribution in [3.8, 4) is 0 Å². The lowest BCUT2D eigenvalue weighted by Crippen LogP contribution is -2.23. The lowest BCUT2D eigenvalue weighted by atomic mass is 9.95. The van der Waals surface area contributed by atoms with E-state index in [-0.39, 0.29) is 24.1 Å². The summed E-state index contributed by atoms with van der Waals surface area (Å²) in [7, 11) is 0. The van der Waals surface area contributed by atoms with Gasteiger partial charge in [-0.15, -0.1) is 0 Å². The summed E-state index contributed by atoms with van der Waals surface area (Å²) in [5.41, 5.74) is 1.33. The third kappa shape index (κ3) is 4.83. The molecule has 2 aromatic rings. The van der Waals surface area contributed by atoms with Crippen LogP contribution in [0.1, 0.15) is 76.3 Å². The molecule has 31 heavy (non-hydrogen) atoms. The molecular weight excluding hydrogens is 395 g/mol. The van der Waals surface area contributed by atoms with E-state index in [9.17, 15) is 9.59 Å². The number of rotatable bonds is 6. The molecule has 1 aromatic carbocycles. The fraction of sp³-hybridized carbons (Fsp3) is 0.520. The quantitative estimate of drug-likeness (QED) is 0.484. The summed E-state index contributed by atoms with van der Waals surface area (Å²) in [6.07, 6.45) is 14.6. The van der Waals surface area contributed by atoms with Crippen LogP contribution in [-0.2, 0) is 9.53 Å². The van der Waals surface area contributed by atoms with Gasteiger partial charge in [-0.1, -0.05) is 32.1 Å². The van der Waals surface area contributed by atoms with Gasteiger partial charge in [0.05, 0.1) is 17.8 Å². The number of esters is 1. The molecule has 1 aromatic heterocycles. The van der Waals surface area contributed by atoms with E-state index in [0.29, 0.717) is 16.6 Å². The van der Waals surface area contributed by atoms with Crippen molar-refractivity contribution in [1.82, 2.24) is 4.57 Å². The van der Waals surface area contributed by atoms with Crippen molar-refractivity contribution in [2.75, 3.05) is 11.9 Å². The molecule has 0 amide bonds. The zero-order valence-electron chi connectivity index (χ0n) is 18.2. The average molecular weight is 427 g/mol. The smallest absolute Gasteiger partial charge is 0.330 e. The van der Waals surface area contributed by atoms with Crippen molar-refractivity contribution >= 4 is 28.6 Å². The Labute approximate surface area is 182 Å². The van der Waals surface area contributed by atoms with Gasteiger partial charge >= 0.3 is 5.97 Å². The number of pyridine rings is 1. The van der Waals surface area contributed by atoms with E-state index >= 15 is 4.39 Å². The first-order chi connectivity index (χ1) is 15.1. The van der Waals surface area contributed by atoms with Crippen LogP contribution in [0.15, 0.2) is 29.2 Å². The number of hydrogen-bond acceptors (Lipinski definition) is 4. The molecule has 0 atom stereocenters. The first-order valence-corrected chi connectivity index (χ1v) is 11.6. The number of ether oxygens (including phenoxy) is 1. The van der Waals surface area contributed by atoms with E-state index in [2.05, 4.69) is 9.88 Å². The Hall–Kier alpha value is -2.63. The number of hydrogen-bond donors (Lipinski definition) is 1. The lowest BCUT2D eigenvalue weighted by molar-refractivity contribution is -0.137. The van der Waals surface area contributed by atoms with E-state index in [1.807, 2.05) is 6.20 Å². The highest BCUT2D eigenvalue weighted by Crippen LogP contribution is 2.34. The van der Waals surface area contributed by atoms with Crippen molar-refractivity contribution in [2.45, 2.75) is 76.8 Å². The maximum absolute atomic E-state index is 15.0. The van der Waals surface area contributed by atoms with Crippen molar-refractivity contribution in [1.29, 1.82) is 0 Å². The van der Waals surface area contributed by atoms with Gasteiger partial charge in [0.15, 0.2) is 5.43 Å². The molecule has 2 aliphatic carbocycles. The largest absolute Gasteiger partial charge is 0.463 e. The Morgan fingerprint density at radius 1 is 1.16 bits per heavy atom. The first kappa shape index (κ1) is 21.6. The maximum Gasteiger partial charge on any atom is 0.330 e. The highest BCUT2D eigenvalue weighted by atomic mass is 19.1.